The summed E-state index contributed by atoms with van der Waals surface area (Å²) >= 11 is 0. The highest BCUT2D eigenvalue weighted by atomic mass is 16.7. The number of nitrogens with one attached hydrogen (secondary N) is 1. The van der Waals surface area contributed by atoms with E-state index in [-0.39, 0.29) is 0 Å². The van der Waals surface area contributed by atoms with Gasteiger partial charge in [-0.25, -0.2) is 0 Å². The molecule has 1 aromatic carbocycles. The molecule has 0 saturated heterocycles. The first kappa shape index (κ1) is 14.0. The molecule has 0 radical (unpaired) electrons. The maximum absolute atomic E-state index is 11.5. The summed E-state index contributed by atoms with van der Waals surface area (Å²) in [4.78, 5) is 26.4. The molecule has 0 aromatic heterocycles. The second-order valence-electron chi connectivity index (χ2n) is 3.75. The molecule has 0 unspecified atom stereocenters. The Hall–Kier alpha value is -2.04. The van der Waals surface area contributed by atoms with Crippen LogP contribution in [0, 0.1) is 0 Å². The molecule has 1 aromatic rings. The van der Waals surface area contributed by atoms with Crippen molar-refractivity contribution in [3.05, 3.63) is 29.8 Å². The quantitative estimate of drug-likeness (QED) is 0.642. The lowest BCUT2D eigenvalue weighted by molar-refractivity contribution is -0.146. The van der Waals surface area contributed by atoms with Gasteiger partial charge in [-0.05, 0) is 30.7 Å². The van der Waals surface area contributed by atoms with Gasteiger partial charge in [0.2, 0.25) is 0 Å². The van der Waals surface area contributed by atoms with Crippen molar-refractivity contribution in [3.8, 4) is 5.75 Å². The summed E-state index contributed by atoms with van der Waals surface area (Å²) < 4.78 is 5.46. The van der Waals surface area contributed by atoms with Crippen LogP contribution >= 0.6 is 0 Å². The first-order valence-corrected chi connectivity index (χ1v) is 5.84. The Labute approximate surface area is 106 Å². The van der Waals surface area contributed by atoms with Crippen molar-refractivity contribution in [2.75, 3.05) is 6.61 Å². The van der Waals surface area contributed by atoms with Gasteiger partial charge in [0.1, 0.15) is 5.75 Å². The molecular weight excluding hydrogens is 234 g/mol. The number of hydrogen-bond acceptors (Lipinski definition) is 4. The molecule has 0 aliphatic heterocycles. The Bertz CT molecular complexity index is 400. The van der Waals surface area contributed by atoms with Crippen LogP contribution in [0.5, 0.6) is 5.75 Å². The van der Waals surface area contributed by atoms with Gasteiger partial charge in [-0.1, -0.05) is 13.3 Å². The number of carbonyl (C=O) groups is 2. The third kappa shape index (κ3) is 4.86. The van der Waals surface area contributed by atoms with E-state index >= 15 is 0 Å². The van der Waals surface area contributed by atoms with Gasteiger partial charge < -0.3 is 9.57 Å². The minimum atomic E-state index is -0.567. The van der Waals surface area contributed by atoms with E-state index in [2.05, 4.69) is 11.8 Å². The molecule has 18 heavy (non-hydrogen) atoms. The summed E-state index contributed by atoms with van der Waals surface area (Å²) in [5.74, 6) is -0.319. The largest absolute Gasteiger partial charge is 0.494 e. The second-order valence-corrected chi connectivity index (χ2v) is 3.75. The Morgan fingerprint density at radius 1 is 1.22 bits per heavy atom. The van der Waals surface area contributed by atoms with Crippen molar-refractivity contribution in [1.82, 2.24) is 5.48 Å². The van der Waals surface area contributed by atoms with Crippen LogP contribution in [0.1, 0.15) is 37.0 Å². The summed E-state index contributed by atoms with van der Waals surface area (Å²) in [6, 6.07) is 6.64. The lowest BCUT2D eigenvalue weighted by Crippen LogP contribution is -2.25. The van der Waals surface area contributed by atoms with Crippen LogP contribution in [0.15, 0.2) is 24.3 Å². The van der Waals surface area contributed by atoms with Crippen LogP contribution in [0.25, 0.3) is 0 Å². The Morgan fingerprint density at radius 3 is 2.44 bits per heavy atom. The molecule has 0 aliphatic rings. The standard InChI is InChI=1S/C13H17NO4/c1-3-4-9-17-12-7-5-11(6-8-12)13(16)14-18-10(2)15/h5-8H,3-4,9H2,1-2H3,(H,14,16). The molecule has 1 rings (SSSR count). The van der Waals surface area contributed by atoms with Gasteiger partial charge in [0.15, 0.2) is 0 Å². The molecule has 5 nitrogen and oxygen atoms in total. The van der Waals surface area contributed by atoms with Gasteiger partial charge in [-0.15, -0.1) is 0 Å². The molecule has 0 heterocycles. The van der Waals surface area contributed by atoms with E-state index in [4.69, 9.17) is 4.74 Å². The van der Waals surface area contributed by atoms with Gasteiger partial charge in [-0.3, -0.25) is 9.59 Å². The molecule has 1 N–H and O–H groups in total. The Morgan fingerprint density at radius 2 is 1.89 bits per heavy atom. The zero-order valence-corrected chi connectivity index (χ0v) is 10.6. The van der Waals surface area contributed by atoms with Gasteiger partial charge >= 0.3 is 5.97 Å². The molecule has 98 valence electrons. The number of rotatable bonds is 5. The van der Waals surface area contributed by atoms with Crippen LogP contribution in [0.2, 0.25) is 0 Å². The lowest BCUT2D eigenvalue weighted by Gasteiger charge is -2.06. The number of hydrogen-bond donors (Lipinski definition) is 1. The Kier molecular flexibility index (Phi) is 5.70. The first-order valence-electron chi connectivity index (χ1n) is 5.84. The Balaban J connectivity index is 2.48. The van der Waals surface area contributed by atoms with E-state index < -0.39 is 11.9 Å². The third-order valence-electron chi connectivity index (χ3n) is 2.17. The van der Waals surface area contributed by atoms with E-state index in [9.17, 15) is 9.59 Å². The minimum absolute atomic E-state index is 0.402. The summed E-state index contributed by atoms with van der Waals surface area (Å²) in [5, 5.41) is 0. The van der Waals surface area contributed by atoms with Crippen molar-refractivity contribution >= 4 is 11.9 Å². The normalized spacial score (nSPS) is 9.67. The van der Waals surface area contributed by atoms with Gasteiger partial charge in [0.25, 0.3) is 5.91 Å². The topological polar surface area (TPSA) is 64.6 Å². The van der Waals surface area contributed by atoms with E-state index in [0.29, 0.717) is 17.9 Å². The molecule has 0 fully saturated rings. The highest BCUT2D eigenvalue weighted by Crippen LogP contribution is 2.12. The molecule has 0 spiro atoms. The maximum atomic E-state index is 11.5. The summed E-state index contributed by atoms with van der Waals surface area (Å²) in [6.07, 6.45) is 2.07. The van der Waals surface area contributed by atoms with Crippen LogP contribution in [-0.4, -0.2) is 18.5 Å². The van der Waals surface area contributed by atoms with Gasteiger partial charge in [0, 0.05) is 12.5 Å². The van der Waals surface area contributed by atoms with E-state index in [0.717, 1.165) is 12.8 Å². The molecule has 0 saturated carbocycles. The fourth-order valence-corrected chi connectivity index (χ4v) is 1.21. The minimum Gasteiger partial charge on any atom is -0.494 e. The van der Waals surface area contributed by atoms with Crippen LogP contribution < -0.4 is 10.2 Å². The number of ether oxygens (including phenoxy) is 1. The summed E-state index contributed by atoms with van der Waals surface area (Å²) in [7, 11) is 0. The lowest BCUT2D eigenvalue weighted by atomic mass is 10.2. The highest BCUT2D eigenvalue weighted by Gasteiger charge is 2.06. The highest BCUT2D eigenvalue weighted by molar-refractivity contribution is 5.94. The van der Waals surface area contributed by atoms with Crippen molar-refractivity contribution in [2.45, 2.75) is 26.7 Å². The number of unbranched alkanes of at least 4 members (excludes halogenated alkanes) is 1. The predicted molar refractivity (Wildman–Crippen MR) is 66.1 cm³/mol. The summed E-state index contributed by atoms with van der Waals surface area (Å²) in [6.45, 7) is 3.96. The van der Waals surface area contributed by atoms with Crippen LogP contribution in [0.4, 0.5) is 0 Å². The van der Waals surface area contributed by atoms with Crippen LogP contribution in [-0.2, 0) is 9.63 Å². The molecule has 0 bridgehead atoms. The fourth-order valence-electron chi connectivity index (χ4n) is 1.21. The van der Waals surface area contributed by atoms with Gasteiger partial charge in [0.05, 0.1) is 6.61 Å². The number of carbonyl (C=O) groups excluding carboxylic acids is 2. The van der Waals surface area contributed by atoms with Crippen LogP contribution in [0.3, 0.4) is 0 Å². The molecule has 1 amide bonds. The molecule has 0 aliphatic carbocycles. The average molecular weight is 251 g/mol. The maximum Gasteiger partial charge on any atom is 0.329 e. The predicted octanol–water partition coefficient (Wildman–Crippen LogP) is 2.07. The number of benzene rings is 1. The number of amides is 1. The first-order chi connectivity index (χ1) is 8.63. The SMILES string of the molecule is CCCCOc1ccc(C(=O)NOC(C)=O)cc1. The molecule has 0 atom stereocenters. The van der Waals surface area contributed by atoms with Crippen molar-refractivity contribution < 1.29 is 19.2 Å². The second kappa shape index (κ2) is 7.32. The number of hydroxylamine groups is 1. The third-order valence-corrected chi connectivity index (χ3v) is 2.17. The van der Waals surface area contributed by atoms with E-state index in [1.807, 2.05) is 5.48 Å². The molecule has 5 heteroatoms. The van der Waals surface area contributed by atoms with Crippen molar-refractivity contribution in [1.29, 1.82) is 0 Å². The zero-order valence-electron chi connectivity index (χ0n) is 10.6. The fraction of sp³-hybridized carbons (Fsp3) is 0.385. The van der Waals surface area contributed by atoms with E-state index in [1.54, 1.807) is 24.3 Å². The van der Waals surface area contributed by atoms with Crippen molar-refractivity contribution in [2.24, 2.45) is 0 Å². The monoisotopic (exact) mass is 251 g/mol. The zero-order chi connectivity index (χ0) is 13.4. The average Bonchev–Trinajstić information content (AvgIpc) is 2.37. The van der Waals surface area contributed by atoms with Crippen molar-refractivity contribution in [3.63, 3.8) is 0 Å². The smallest absolute Gasteiger partial charge is 0.329 e. The summed E-state index contributed by atoms with van der Waals surface area (Å²) in [5.41, 5.74) is 2.44. The van der Waals surface area contributed by atoms with Gasteiger partial charge in [-0.2, -0.15) is 5.48 Å². The van der Waals surface area contributed by atoms with E-state index in [1.165, 1.54) is 6.92 Å². The molecular formula is C13H17NO4.